The van der Waals surface area contributed by atoms with Crippen molar-refractivity contribution in [2.75, 3.05) is 6.54 Å². The molecular weight excluding hydrogens is 150 g/mol. The van der Waals surface area contributed by atoms with Crippen molar-refractivity contribution in [2.24, 2.45) is 5.92 Å². The first-order chi connectivity index (χ1) is 5.66. The van der Waals surface area contributed by atoms with E-state index in [4.69, 9.17) is 0 Å². The zero-order valence-corrected chi connectivity index (χ0v) is 8.34. The standard InChI is InChI=1S/C10H19NO/c1-4-5-9-6-7-11(8(2)3)10(9)12/h8-9H,4-7H2,1-3H3. The molecule has 1 saturated heterocycles. The van der Waals surface area contributed by atoms with Gasteiger partial charge in [0.05, 0.1) is 0 Å². The van der Waals surface area contributed by atoms with Crippen LogP contribution in [0.5, 0.6) is 0 Å². The molecule has 0 aromatic carbocycles. The van der Waals surface area contributed by atoms with E-state index in [2.05, 4.69) is 20.8 Å². The number of amides is 1. The van der Waals surface area contributed by atoms with Crippen LogP contribution in [0.3, 0.4) is 0 Å². The second kappa shape index (κ2) is 3.92. The second-order valence-electron chi connectivity index (χ2n) is 3.90. The van der Waals surface area contributed by atoms with Gasteiger partial charge < -0.3 is 4.90 Å². The maximum Gasteiger partial charge on any atom is 0.225 e. The van der Waals surface area contributed by atoms with Crippen molar-refractivity contribution in [1.29, 1.82) is 0 Å². The van der Waals surface area contributed by atoms with Crippen molar-refractivity contribution < 1.29 is 4.79 Å². The van der Waals surface area contributed by atoms with Crippen LogP contribution in [0.25, 0.3) is 0 Å². The van der Waals surface area contributed by atoms with Gasteiger partial charge in [-0.1, -0.05) is 13.3 Å². The Hall–Kier alpha value is -0.530. The van der Waals surface area contributed by atoms with Crippen LogP contribution in [0.2, 0.25) is 0 Å². The highest BCUT2D eigenvalue weighted by atomic mass is 16.2. The minimum absolute atomic E-state index is 0.331. The summed E-state index contributed by atoms with van der Waals surface area (Å²) in [6.45, 7) is 7.30. The average molecular weight is 169 g/mol. The summed E-state index contributed by atoms with van der Waals surface area (Å²) in [4.78, 5) is 13.7. The van der Waals surface area contributed by atoms with E-state index in [0.717, 1.165) is 25.8 Å². The molecule has 0 aromatic heterocycles. The van der Waals surface area contributed by atoms with Crippen LogP contribution in [-0.4, -0.2) is 23.4 Å². The Labute approximate surface area is 74.9 Å². The van der Waals surface area contributed by atoms with Gasteiger partial charge in [0.25, 0.3) is 0 Å². The molecule has 1 amide bonds. The molecule has 0 N–H and O–H groups in total. The lowest BCUT2D eigenvalue weighted by Gasteiger charge is -2.20. The maximum atomic E-state index is 11.7. The van der Waals surface area contributed by atoms with E-state index in [0.29, 0.717) is 17.9 Å². The molecule has 1 aliphatic heterocycles. The van der Waals surface area contributed by atoms with E-state index in [1.54, 1.807) is 0 Å². The number of nitrogens with zero attached hydrogens (tertiary/aromatic N) is 1. The first kappa shape index (κ1) is 9.56. The number of likely N-dealkylation sites (tertiary alicyclic amines) is 1. The molecule has 1 unspecified atom stereocenters. The maximum absolute atomic E-state index is 11.7. The molecule has 12 heavy (non-hydrogen) atoms. The van der Waals surface area contributed by atoms with Gasteiger partial charge >= 0.3 is 0 Å². The molecule has 1 aliphatic rings. The van der Waals surface area contributed by atoms with Gasteiger partial charge in [-0.25, -0.2) is 0 Å². The minimum atomic E-state index is 0.331. The van der Waals surface area contributed by atoms with E-state index < -0.39 is 0 Å². The third kappa shape index (κ3) is 1.79. The highest BCUT2D eigenvalue weighted by Gasteiger charge is 2.31. The fourth-order valence-corrected chi connectivity index (χ4v) is 1.89. The SMILES string of the molecule is CCCC1CCN(C(C)C)C1=O. The van der Waals surface area contributed by atoms with Crippen molar-refractivity contribution in [3.05, 3.63) is 0 Å². The van der Waals surface area contributed by atoms with Crippen molar-refractivity contribution in [1.82, 2.24) is 4.90 Å². The fourth-order valence-electron chi connectivity index (χ4n) is 1.89. The molecule has 0 bridgehead atoms. The summed E-state index contributed by atoms with van der Waals surface area (Å²) >= 11 is 0. The molecule has 0 spiro atoms. The molecule has 1 fully saturated rings. The van der Waals surface area contributed by atoms with Gasteiger partial charge in [0.15, 0.2) is 0 Å². The van der Waals surface area contributed by atoms with Gasteiger partial charge in [-0.2, -0.15) is 0 Å². The van der Waals surface area contributed by atoms with Gasteiger partial charge in [-0.3, -0.25) is 4.79 Å². The van der Waals surface area contributed by atoms with Gasteiger partial charge in [0.1, 0.15) is 0 Å². The minimum Gasteiger partial charge on any atom is -0.340 e. The lowest BCUT2D eigenvalue weighted by atomic mass is 10.0. The highest BCUT2D eigenvalue weighted by Crippen LogP contribution is 2.23. The molecule has 0 aromatic rings. The molecule has 2 heteroatoms. The van der Waals surface area contributed by atoms with Gasteiger partial charge in [0.2, 0.25) is 5.91 Å². The summed E-state index contributed by atoms with van der Waals surface area (Å²) in [6.07, 6.45) is 3.27. The molecular formula is C10H19NO. The van der Waals surface area contributed by atoms with E-state index in [9.17, 15) is 4.79 Å². The molecule has 0 aliphatic carbocycles. The Balaban J connectivity index is 2.49. The monoisotopic (exact) mass is 169 g/mol. The van der Waals surface area contributed by atoms with Crippen molar-refractivity contribution in [2.45, 2.75) is 46.1 Å². The normalized spacial score (nSPS) is 24.2. The topological polar surface area (TPSA) is 20.3 Å². The van der Waals surface area contributed by atoms with Crippen LogP contribution < -0.4 is 0 Å². The molecule has 1 rings (SSSR count). The average Bonchev–Trinajstić information content (AvgIpc) is 2.34. The van der Waals surface area contributed by atoms with Crippen molar-refractivity contribution >= 4 is 5.91 Å². The Kier molecular flexibility index (Phi) is 3.12. The Morgan fingerprint density at radius 2 is 2.25 bits per heavy atom. The predicted octanol–water partition coefficient (Wildman–Crippen LogP) is 2.04. The zero-order chi connectivity index (χ0) is 9.14. The Morgan fingerprint density at radius 1 is 1.58 bits per heavy atom. The number of hydrogen-bond acceptors (Lipinski definition) is 1. The van der Waals surface area contributed by atoms with Gasteiger partial charge in [0, 0.05) is 18.5 Å². The smallest absolute Gasteiger partial charge is 0.225 e. The third-order valence-corrected chi connectivity index (χ3v) is 2.61. The quantitative estimate of drug-likeness (QED) is 0.633. The van der Waals surface area contributed by atoms with E-state index in [1.807, 2.05) is 4.90 Å². The molecule has 2 nitrogen and oxygen atoms in total. The van der Waals surface area contributed by atoms with Crippen molar-refractivity contribution in [3.8, 4) is 0 Å². The predicted molar refractivity (Wildman–Crippen MR) is 49.9 cm³/mol. The molecule has 1 atom stereocenters. The highest BCUT2D eigenvalue weighted by molar-refractivity contribution is 5.81. The summed E-state index contributed by atoms with van der Waals surface area (Å²) in [6, 6.07) is 0.388. The van der Waals surface area contributed by atoms with Crippen LogP contribution in [0.15, 0.2) is 0 Å². The first-order valence-electron chi connectivity index (χ1n) is 4.97. The summed E-state index contributed by atoms with van der Waals surface area (Å²) in [5, 5.41) is 0. The Bertz CT molecular complexity index is 165. The summed E-state index contributed by atoms with van der Waals surface area (Å²) in [5.74, 6) is 0.712. The molecule has 0 radical (unpaired) electrons. The summed E-state index contributed by atoms with van der Waals surface area (Å²) < 4.78 is 0. The molecule has 1 heterocycles. The second-order valence-corrected chi connectivity index (χ2v) is 3.90. The van der Waals surface area contributed by atoms with Gasteiger partial charge in [-0.05, 0) is 26.7 Å². The molecule has 70 valence electrons. The number of rotatable bonds is 3. The van der Waals surface area contributed by atoms with Crippen LogP contribution in [0.4, 0.5) is 0 Å². The summed E-state index contributed by atoms with van der Waals surface area (Å²) in [7, 11) is 0. The van der Waals surface area contributed by atoms with Crippen LogP contribution in [0, 0.1) is 5.92 Å². The lowest BCUT2D eigenvalue weighted by molar-refractivity contribution is -0.132. The third-order valence-electron chi connectivity index (χ3n) is 2.61. The number of hydrogen-bond donors (Lipinski definition) is 0. The Morgan fingerprint density at radius 3 is 2.67 bits per heavy atom. The lowest BCUT2D eigenvalue weighted by Crippen LogP contribution is -2.33. The largest absolute Gasteiger partial charge is 0.340 e. The fraction of sp³-hybridized carbons (Fsp3) is 0.900. The van der Waals surface area contributed by atoms with Crippen LogP contribution >= 0.6 is 0 Å². The summed E-state index contributed by atoms with van der Waals surface area (Å²) in [5.41, 5.74) is 0. The number of carbonyl (C=O) groups is 1. The first-order valence-corrected chi connectivity index (χ1v) is 4.97. The van der Waals surface area contributed by atoms with Crippen LogP contribution in [-0.2, 0) is 4.79 Å². The van der Waals surface area contributed by atoms with Crippen molar-refractivity contribution in [3.63, 3.8) is 0 Å². The van der Waals surface area contributed by atoms with E-state index in [1.165, 1.54) is 0 Å². The van der Waals surface area contributed by atoms with Crippen LogP contribution in [0.1, 0.15) is 40.0 Å². The van der Waals surface area contributed by atoms with E-state index in [-0.39, 0.29) is 0 Å². The van der Waals surface area contributed by atoms with Gasteiger partial charge in [-0.15, -0.1) is 0 Å². The van der Waals surface area contributed by atoms with E-state index >= 15 is 0 Å². The molecule has 0 saturated carbocycles. The zero-order valence-electron chi connectivity index (χ0n) is 8.34. The number of carbonyl (C=O) groups excluding carboxylic acids is 1.